The molecule has 1 aliphatic heterocycles. The van der Waals surface area contributed by atoms with Gasteiger partial charge in [-0.25, -0.2) is 4.79 Å². The van der Waals surface area contributed by atoms with Crippen LogP contribution in [0.15, 0.2) is 24.3 Å². The van der Waals surface area contributed by atoms with Crippen molar-refractivity contribution >= 4 is 17.6 Å². The van der Waals surface area contributed by atoms with Gasteiger partial charge in [-0.05, 0) is 24.3 Å². The first-order valence-corrected chi connectivity index (χ1v) is 6.62. The second-order valence-corrected chi connectivity index (χ2v) is 4.57. The van der Waals surface area contributed by atoms with Crippen LogP contribution in [-0.2, 0) is 4.74 Å². The molecule has 6 heteroatoms. The quantitative estimate of drug-likeness (QED) is 0.857. The van der Waals surface area contributed by atoms with Crippen LogP contribution in [0.5, 0.6) is 5.75 Å². The van der Waals surface area contributed by atoms with Crippen molar-refractivity contribution in [2.24, 2.45) is 0 Å². The number of carbonyl (C=O) groups excluding carboxylic acids is 1. The molecule has 0 radical (unpaired) electrons. The lowest BCUT2D eigenvalue weighted by atomic mass is 10.3. The van der Waals surface area contributed by atoms with Crippen LogP contribution in [0, 0.1) is 0 Å². The average Bonchev–Trinajstić information content (AvgIpc) is 2.46. The monoisotopic (exact) mass is 284 g/mol. The van der Waals surface area contributed by atoms with Crippen molar-refractivity contribution in [3.63, 3.8) is 0 Å². The maximum absolute atomic E-state index is 11.7. The molecule has 1 N–H and O–H groups in total. The standard InChI is InChI=1S/C13H17ClN2O3/c14-11-1-3-12(4-2-11)19-8-5-15-13(17)16-6-9-18-10-7-16/h1-4H,5-10H2,(H,15,17). The third kappa shape index (κ3) is 4.61. The summed E-state index contributed by atoms with van der Waals surface area (Å²) in [5, 5.41) is 3.49. The molecule has 19 heavy (non-hydrogen) atoms. The zero-order valence-corrected chi connectivity index (χ0v) is 11.4. The molecule has 5 nitrogen and oxygen atoms in total. The number of nitrogens with one attached hydrogen (secondary N) is 1. The minimum Gasteiger partial charge on any atom is -0.492 e. The van der Waals surface area contributed by atoms with Crippen molar-refractivity contribution in [3.05, 3.63) is 29.3 Å². The molecule has 0 bridgehead atoms. The normalized spacial score (nSPS) is 15.1. The predicted molar refractivity (Wildman–Crippen MR) is 72.7 cm³/mol. The molecule has 0 unspecified atom stereocenters. The molecule has 104 valence electrons. The highest BCUT2D eigenvalue weighted by molar-refractivity contribution is 6.30. The Kier molecular flexibility index (Phi) is 5.30. The van der Waals surface area contributed by atoms with E-state index in [9.17, 15) is 4.79 Å². The molecule has 0 aliphatic carbocycles. The van der Waals surface area contributed by atoms with Gasteiger partial charge in [-0.1, -0.05) is 11.6 Å². The molecule has 1 heterocycles. The maximum Gasteiger partial charge on any atom is 0.317 e. The van der Waals surface area contributed by atoms with Crippen LogP contribution in [0.1, 0.15) is 0 Å². The third-order valence-corrected chi connectivity index (χ3v) is 3.01. The number of hydrogen-bond acceptors (Lipinski definition) is 3. The minimum absolute atomic E-state index is 0.0667. The largest absolute Gasteiger partial charge is 0.492 e. The summed E-state index contributed by atoms with van der Waals surface area (Å²) in [6.07, 6.45) is 0. The van der Waals surface area contributed by atoms with Gasteiger partial charge >= 0.3 is 6.03 Å². The van der Waals surface area contributed by atoms with E-state index in [0.29, 0.717) is 44.5 Å². The molecule has 1 aromatic rings. The summed E-state index contributed by atoms with van der Waals surface area (Å²) in [7, 11) is 0. The fraction of sp³-hybridized carbons (Fsp3) is 0.462. The molecule has 1 saturated heterocycles. The Balaban J connectivity index is 1.63. The maximum atomic E-state index is 11.7. The molecule has 0 saturated carbocycles. The second kappa shape index (κ2) is 7.21. The number of carbonyl (C=O) groups is 1. The molecule has 1 aliphatic rings. The van der Waals surface area contributed by atoms with Crippen LogP contribution in [0.25, 0.3) is 0 Å². The predicted octanol–water partition coefficient (Wildman–Crippen LogP) is 1.76. The number of rotatable bonds is 4. The van der Waals surface area contributed by atoms with E-state index in [4.69, 9.17) is 21.1 Å². The van der Waals surface area contributed by atoms with Gasteiger partial charge in [0.1, 0.15) is 12.4 Å². The third-order valence-electron chi connectivity index (χ3n) is 2.76. The summed E-state index contributed by atoms with van der Waals surface area (Å²) in [5.74, 6) is 0.741. The van der Waals surface area contributed by atoms with Crippen molar-refractivity contribution in [3.8, 4) is 5.75 Å². The van der Waals surface area contributed by atoms with E-state index in [2.05, 4.69) is 5.32 Å². The van der Waals surface area contributed by atoms with E-state index in [1.807, 2.05) is 0 Å². The first-order chi connectivity index (χ1) is 9.25. The highest BCUT2D eigenvalue weighted by Gasteiger charge is 2.15. The van der Waals surface area contributed by atoms with Crippen molar-refractivity contribution < 1.29 is 14.3 Å². The van der Waals surface area contributed by atoms with Gasteiger partial charge in [0.15, 0.2) is 0 Å². The zero-order chi connectivity index (χ0) is 13.5. The number of amides is 2. The summed E-state index contributed by atoms with van der Waals surface area (Å²) in [6.45, 7) is 3.40. The Labute approximate surface area is 117 Å². The van der Waals surface area contributed by atoms with Crippen molar-refractivity contribution in [1.82, 2.24) is 10.2 Å². The Morgan fingerprint density at radius 2 is 2.00 bits per heavy atom. The van der Waals surface area contributed by atoms with Crippen LogP contribution in [0.3, 0.4) is 0 Å². The van der Waals surface area contributed by atoms with E-state index in [0.717, 1.165) is 5.75 Å². The molecule has 1 fully saturated rings. The van der Waals surface area contributed by atoms with Gasteiger partial charge in [0.05, 0.1) is 19.8 Å². The molecule has 2 rings (SSSR count). The van der Waals surface area contributed by atoms with E-state index in [1.165, 1.54) is 0 Å². The van der Waals surface area contributed by atoms with Crippen LogP contribution < -0.4 is 10.1 Å². The highest BCUT2D eigenvalue weighted by atomic mass is 35.5. The number of ether oxygens (including phenoxy) is 2. The summed E-state index contributed by atoms with van der Waals surface area (Å²) in [6, 6.07) is 7.06. The van der Waals surface area contributed by atoms with Crippen molar-refractivity contribution in [2.45, 2.75) is 0 Å². The summed E-state index contributed by atoms with van der Waals surface area (Å²) >= 11 is 5.77. The van der Waals surface area contributed by atoms with E-state index in [-0.39, 0.29) is 6.03 Å². The smallest absolute Gasteiger partial charge is 0.317 e. The molecule has 0 atom stereocenters. The number of halogens is 1. The Morgan fingerprint density at radius 3 is 2.68 bits per heavy atom. The number of urea groups is 1. The van der Waals surface area contributed by atoms with Crippen LogP contribution in [0.4, 0.5) is 4.79 Å². The Hall–Kier alpha value is -1.46. The number of morpholine rings is 1. The second-order valence-electron chi connectivity index (χ2n) is 4.13. The van der Waals surface area contributed by atoms with Gasteiger partial charge < -0.3 is 19.7 Å². The van der Waals surface area contributed by atoms with Crippen LogP contribution in [-0.4, -0.2) is 50.4 Å². The number of nitrogens with zero attached hydrogens (tertiary/aromatic N) is 1. The van der Waals surface area contributed by atoms with Gasteiger partial charge in [0.2, 0.25) is 0 Å². The fourth-order valence-corrected chi connectivity index (χ4v) is 1.86. The molecule has 0 spiro atoms. The number of benzene rings is 1. The average molecular weight is 285 g/mol. The van der Waals surface area contributed by atoms with Crippen molar-refractivity contribution in [1.29, 1.82) is 0 Å². The van der Waals surface area contributed by atoms with E-state index in [1.54, 1.807) is 29.2 Å². The lowest BCUT2D eigenvalue weighted by Gasteiger charge is -2.26. The molecule has 2 amide bonds. The Bertz CT molecular complexity index is 405. The van der Waals surface area contributed by atoms with Crippen LogP contribution >= 0.6 is 11.6 Å². The summed E-state index contributed by atoms with van der Waals surface area (Å²) in [4.78, 5) is 13.5. The van der Waals surface area contributed by atoms with Gasteiger partial charge in [0, 0.05) is 18.1 Å². The molecule has 0 aromatic heterocycles. The number of hydrogen-bond donors (Lipinski definition) is 1. The van der Waals surface area contributed by atoms with Crippen molar-refractivity contribution in [2.75, 3.05) is 39.5 Å². The minimum atomic E-state index is -0.0667. The van der Waals surface area contributed by atoms with Gasteiger partial charge in [0.25, 0.3) is 0 Å². The highest BCUT2D eigenvalue weighted by Crippen LogP contribution is 2.15. The fourth-order valence-electron chi connectivity index (χ4n) is 1.74. The molecular weight excluding hydrogens is 268 g/mol. The SMILES string of the molecule is O=C(NCCOc1ccc(Cl)cc1)N1CCOCC1. The van der Waals surface area contributed by atoms with Gasteiger partial charge in [-0.3, -0.25) is 0 Å². The summed E-state index contributed by atoms with van der Waals surface area (Å²) < 4.78 is 10.7. The van der Waals surface area contributed by atoms with E-state index >= 15 is 0 Å². The first kappa shape index (κ1) is 14.0. The molecule has 1 aromatic carbocycles. The van der Waals surface area contributed by atoms with Gasteiger partial charge in [-0.15, -0.1) is 0 Å². The van der Waals surface area contributed by atoms with Gasteiger partial charge in [-0.2, -0.15) is 0 Å². The topological polar surface area (TPSA) is 50.8 Å². The lowest BCUT2D eigenvalue weighted by molar-refractivity contribution is 0.0530. The lowest BCUT2D eigenvalue weighted by Crippen LogP contribution is -2.47. The molecular formula is C13H17ClN2O3. The van der Waals surface area contributed by atoms with Crippen LogP contribution in [0.2, 0.25) is 5.02 Å². The zero-order valence-electron chi connectivity index (χ0n) is 10.6. The first-order valence-electron chi connectivity index (χ1n) is 6.24. The summed E-state index contributed by atoms with van der Waals surface area (Å²) in [5.41, 5.74) is 0. The Morgan fingerprint density at radius 1 is 1.32 bits per heavy atom. The van der Waals surface area contributed by atoms with E-state index < -0.39 is 0 Å².